The van der Waals surface area contributed by atoms with Crippen LogP contribution in [0, 0.1) is 0 Å². The summed E-state index contributed by atoms with van der Waals surface area (Å²) in [6.45, 7) is 3.85. The second-order valence-electron chi connectivity index (χ2n) is 3.91. The highest BCUT2D eigenvalue weighted by atomic mass is 79.9. The summed E-state index contributed by atoms with van der Waals surface area (Å²) in [5, 5.41) is 4.26. The third-order valence-corrected chi connectivity index (χ3v) is 3.58. The number of hydrogen-bond donors (Lipinski definition) is 1. The molecule has 0 heterocycles. The first-order valence-electron chi connectivity index (χ1n) is 5.86. The number of ether oxygens (including phenoxy) is 1. The van der Waals surface area contributed by atoms with Gasteiger partial charge in [-0.25, -0.2) is 0 Å². The molecule has 0 saturated carbocycles. The molecule has 1 atom stereocenters. The van der Waals surface area contributed by atoms with Crippen molar-refractivity contribution in [2.45, 2.75) is 25.8 Å². The summed E-state index contributed by atoms with van der Waals surface area (Å²) in [7, 11) is 1.73. The SMILES string of the molecule is CCNC(CCCOC)c1cc(Cl)ccc1Br. The van der Waals surface area contributed by atoms with Gasteiger partial charge in [-0.05, 0) is 43.1 Å². The Hall–Kier alpha value is -0.0900. The van der Waals surface area contributed by atoms with Gasteiger partial charge in [0.15, 0.2) is 0 Å². The normalized spacial score (nSPS) is 12.7. The van der Waals surface area contributed by atoms with Crippen LogP contribution in [0.1, 0.15) is 31.4 Å². The maximum Gasteiger partial charge on any atom is 0.0462 e. The molecule has 1 aromatic rings. The van der Waals surface area contributed by atoms with Crippen LogP contribution in [-0.2, 0) is 4.74 Å². The zero-order valence-electron chi connectivity index (χ0n) is 10.3. The summed E-state index contributed by atoms with van der Waals surface area (Å²) in [6, 6.07) is 6.24. The van der Waals surface area contributed by atoms with Gasteiger partial charge in [-0.15, -0.1) is 0 Å². The van der Waals surface area contributed by atoms with Gasteiger partial charge in [0.25, 0.3) is 0 Å². The molecule has 0 aliphatic carbocycles. The highest BCUT2D eigenvalue weighted by molar-refractivity contribution is 9.10. The van der Waals surface area contributed by atoms with Crippen molar-refractivity contribution in [3.63, 3.8) is 0 Å². The minimum absolute atomic E-state index is 0.322. The minimum atomic E-state index is 0.322. The fourth-order valence-corrected chi connectivity index (χ4v) is 2.53. The molecule has 0 spiro atoms. The van der Waals surface area contributed by atoms with Crippen LogP contribution in [0.5, 0.6) is 0 Å². The van der Waals surface area contributed by atoms with Gasteiger partial charge in [0, 0.05) is 29.3 Å². The quantitative estimate of drug-likeness (QED) is 0.761. The summed E-state index contributed by atoms with van der Waals surface area (Å²) >= 11 is 9.63. The average Bonchev–Trinajstić information content (AvgIpc) is 2.32. The summed E-state index contributed by atoms with van der Waals surface area (Å²) in [4.78, 5) is 0. The van der Waals surface area contributed by atoms with Crippen molar-refractivity contribution < 1.29 is 4.74 Å². The lowest BCUT2D eigenvalue weighted by atomic mass is 10.0. The Balaban J connectivity index is 2.77. The lowest BCUT2D eigenvalue weighted by Gasteiger charge is -2.20. The Morgan fingerprint density at radius 1 is 1.47 bits per heavy atom. The molecule has 1 rings (SSSR count). The van der Waals surface area contributed by atoms with Gasteiger partial charge in [0.2, 0.25) is 0 Å². The molecule has 0 fully saturated rings. The molecule has 0 amide bonds. The second-order valence-corrected chi connectivity index (χ2v) is 5.20. The third-order valence-electron chi connectivity index (χ3n) is 2.63. The average molecular weight is 321 g/mol. The van der Waals surface area contributed by atoms with Crippen LogP contribution in [-0.4, -0.2) is 20.3 Å². The van der Waals surface area contributed by atoms with Crippen molar-refractivity contribution in [2.24, 2.45) is 0 Å². The van der Waals surface area contributed by atoms with Crippen LogP contribution in [0.4, 0.5) is 0 Å². The van der Waals surface area contributed by atoms with E-state index in [2.05, 4.69) is 28.2 Å². The highest BCUT2D eigenvalue weighted by Gasteiger charge is 2.13. The van der Waals surface area contributed by atoms with E-state index < -0.39 is 0 Å². The van der Waals surface area contributed by atoms with Crippen LogP contribution >= 0.6 is 27.5 Å². The summed E-state index contributed by atoms with van der Waals surface area (Å²) < 4.78 is 6.20. The van der Waals surface area contributed by atoms with E-state index in [1.54, 1.807) is 7.11 Å². The second kappa shape index (κ2) is 8.09. The van der Waals surface area contributed by atoms with Gasteiger partial charge in [0.1, 0.15) is 0 Å². The molecule has 2 nitrogen and oxygen atoms in total. The fraction of sp³-hybridized carbons (Fsp3) is 0.538. The molecule has 0 aromatic heterocycles. The van der Waals surface area contributed by atoms with Gasteiger partial charge in [-0.2, -0.15) is 0 Å². The van der Waals surface area contributed by atoms with Crippen LogP contribution in [0.3, 0.4) is 0 Å². The monoisotopic (exact) mass is 319 g/mol. The molecule has 0 aliphatic heterocycles. The third kappa shape index (κ3) is 4.96. The molecule has 0 saturated heterocycles. The molecular formula is C13H19BrClNO. The van der Waals surface area contributed by atoms with Gasteiger partial charge >= 0.3 is 0 Å². The number of rotatable bonds is 7. The molecule has 0 aliphatic rings. The Morgan fingerprint density at radius 2 is 2.24 bits per heavy atom. The van der Waals surface area contributed by atoms with E-state index in [-0.39, 0.29) is 0 Å². The predicted molar refractivity (Wildman–Crippen MR) is 76.7 cm³/mol. The molecule has 1 unspecified atom stereocenters. The predicted octanol–water partition coefficient (Wildman–Crippen LogP) is 4.18. The Kier molecular flexibility index (Phi) is 7.12. The number of halogens is 2. The van der Waals surface area contributed by atoms with Gasteiger partial charge < -0.3 is 10.1 Å². The topological polar surface area (TPSA) is 21.3 Å². The van der Waals surface area contributed by atoms with Crippen LogP contribution in [0.2, 0.25) is 5.02 Å². The zero-order valence-corrected chi connectivity index (χ0v) is 12.6. The van der Waals surface area contributed by atoms with Crippen LogP contribution in [0.25, 0.3) is 0 Å². The zero-order chi connectivity index (χ0) is 12.7. The summed E-state index contributed by atoms with van der Waals surface area (Å²) in [5.41, 5.74) is 1.22. The van der Waals surface area contributed by atoms with Gasteiger partial charge in [-0.3, -0.25) is 0 Å². The molecule has 96 valence electrons. The van der Waals surface area contributed by atoms with Crippen molar-refractivity contribution in [1.82, 2.24) is 5.32 Å². The lowest BCUT2D eigenvalue weighted by molar-refractivity contribution is 0.189. The smallest absolute Gasteiger partial charge is 0.0462 e. The number of nitrogens with one attached hydrogen (secondary N) is 1. The van der Waals surface area contributed by atoms with Crippen molar-refractivity contribution in [3.8, 4) is 0 Å². The minimum Gasteiger partial charge on any atom is -0.385 e. The van der Waals surface area contributed by atoms with E-state index >= 15 is 0 Å². The highest BCUT2D eigenvalue weighted by Crippen LogP contribution is 2.29. The van der Waals surface area contributed by atoms with Crippen molar-refractivity contribution in [2.75, 3.05) is 20.3 Å². The fourth-order valence-electron chi connectivity index (χ4n) is 1.83. The van der Waals surface area contributed by atoms with Crippen LogP contribution in [0.15, 0.2) is 22.7 Å². The van der Waals surface area contributed by atoms with E-state index in [1.807, 2.05) is 18.2 Å². The number of hydrogen-bond acceptors (Lipinski definition) is 2. The van der Waals surface area contributed by atoms with Crippen molar-refractivity contribution in [1.29, 1.82) is 0 Å². The Labute approximate surface area is 117 Å². The number of methoxy groups -OCH3 is 1. The summed E-state index contributed by atoms with van der Waals surface area (Å²) in [5.74, 6) is 0. The Morgan fingerprint density at radius 3 is 2.88 bits per heavy atom. The maximum atomic E-state index is 6.05. The molecule has 1 N–H and O–H groups in total. The number of benzene rings is 1. The largest absolute Gasteiger partial charge is 0.385 e. The molecule has 4 heteroatoms. The molecule has 1 aromatic carbocycles. The Bertz CT molecular complexity index is 346. The molecule has 0 bridgehead atoms. The maximum absolute atomic E-state index is 6.05. The van der Waals surface area contributed by atoms with E-state index in [0.29, 0.717) is 6.04 Å². The lowest BCUT2D eigenvalue weighted by Crippen LogP contribution is -2.21. The van der Waals surface area contributed by atoms with E-state index in [1.165, 1.54) is 5.56 Å². The van der Waals surface area contributed by atoms with E-state index in [9.17, 15) is 0 Å². The van der Waals surface area contributed by atoms with E-state index in [0.717, 1.165) is 35.5 Å². The van der Waals surface area contributed by atoms with Crippen molar-refractivity contribution in [3.05, 3.63) is 33.3 Å². The standard InChI is InChI=1S/C13H19BrClNO/c1-3-16-13(5-4-8-17-2)11-9-10(15)6-7-12(11)14/h6-7,9,13,16H,3-5,8H2,1-2H3. The molecule has 17 heavy (non-hydrogen) atoms. The molecule has 0 radical (unpaired) electrons. The summed E-state index contributed by atoms with van der Waals surface area (Å²) in [6.07, 6.45) is 2.08. The first kappa shape index (κ1) is 15.0. The first-order chi connectivity index (χ1) is 8.19. The molecular weight excluding hydrogens is 302 g/mol. The first-order valence-corrected chi connectivity index (χ1v) is 7.03. The van der Waals surface area contributed by atoms with Crippen LogP contribution < -0.4 is 5.32 Å². The van der Waals surface area contributed by atoms with Crippen molar-refractivity contribution >= 4 is 27.5 Å². The van der Waals surface area contributed by atoms with Gasteiger partial charge in [-0.1, -0.05) is 34.5 Å². The van der Waals surface area contributed by atoms with E-state index in [4.69, 9.17) is 16.3 Å². The van der Waals surface area contributed by atoms with Gasteiger partial charge in [0.05, 0.1) is 0 Å².